The van der Waals surface area contributed by atoms with Gasteiger partial charge in [-0.1, -0.05) is 6.92 Å². The van der Waals surface area contributed by atoms with E-state index in [-0.39, 0.29) is 12.0 Å². The van der Waals surface area contributed by atoms with Crippen LogP contribution in [0.4, 0.5) is 0 Å². The monoisotopic (exact) mass is 230 g/mol. The van der Waals surface area contributed by atoms with E-state index in [1.165, 1.54) is 7.11 Å². The first kappa shape index (κ1) is 15.4. The Bertz CT molecular complexity index is 207. The number of carbonyl (C=O) groups is 1. The number of ether oxygens (including phenoxy) is 1. The number of rotatable bonds is 7. The largest absolute Gasteiger partial charge is 0.469 e. The molecule has 0 rings (SSSR count). The Labute approximate surface area is 99.5 Å². The molecule has 4 heteroatoms. The Balaban J connectivity index is 4.29. The fourth-order valence-electron chi connectivity index (χ4n) is 2.13. The maximum atomic E-state index is 11.2. The average Bonchev–Trinajstić information content (AvgIpc) is 2.17. The first-order valence-electron chi connectivity index (χ1n) is 5.89. The van der Waals surface area contributed by atoms with Gasteiger partial charge in [0.2, 0.25) is 0 Å². The number of methoxy groups -OCH3 is 1. The summed E-state index contributed by atoms with van der Waals surface area (Å²) in [6.07, 6.45) is 0.460. The van der Waals surface area contributed by atoms with Crippen LogP contribution in [-0.4, -0.2) is 62.1 Å². The number of carbonyl (C=O) groups excluding carboxylic acids is 1. The van der Waals surface area contributed by atoms with Crippen molar-refractivity contribution in [2.45, 2.75) is 39.3 Å². The zero-order valence-electron chi connectivity index (χ0n) is 11.5. The van der Waals surface area contributed by atoms with E-state index in [0.29, 0.717) is 12.5 Å². The minimum Gasteiger partial charge on any atom is -0.469 e. The lowest BCUT2D eigenvalue weighted by Gasteiger charge is -2.34. The van der Waals surface area contributed by atoms with Gasteiger partial charge in [0.25, 0.3) is 0 Å². The lowest BCUT2D eigenvalue weighted by Crippen LogP contribution is -2.45. The summed E-state index contributed by atoms with van der Waals surface area (Å²) in [6.45, 7) is 8.34. The van der Waals surface area contributed by atoms with Gasteiger partial charge in [-0.3, -0.25) is 9.69 Å². The average molecular weight is 230 g/mol. The number of hydrogen-bond donors (Lipinski definition) is 0. The molecule has 4 nitrogen and oxygen atoms in total. The van der Waals surface area contributed by atoms with Crippen LogP contribution in [0, 0.1) is 0 Å². The molecule has 0 bridgehead atoms. The molecule has 0 radical (unpaired) electrons. The van der Waals surface area contributed by atoms with Gasteiger partial charge in [-0.2, -0.15) is 0 Å². The molecule has 0 aromatic carbocycles. The second kappa shape index (κ2) is 7.63. The fourth-order valence-corrected chi connectivity index (χ4v) is 2.13. The van der Waals surface area contributed by atoms with Crippen molar-refractivity contribution in [2.24, 2.45) is 0 Å². The van der Waals surface area contributed by atoms with Gasteiger partial charge in [-0.05, 0) is 34.5 Å². The normalized spacial score (nSPS) is 15.2. The highest BCUT2D eigenvalue weighted by atomic mass is 16.5. The summed E-state index contributed by atoms with van der Waals surface area (Å²) in [7, 11) is 5.57. The van der Waals surface area contributed by atoms with Gasteiger partial charge in [0.15, 0.2) is 0 Å². The first-order valence-corrected chi connectivity index (χ1v) is 5.89. The van der Waals surface area contributed by atoms with Crippen LogP contribution < -0.4 is 0 Å². The van der Waals surface area contributed by atoms with Crippen LogP contribution in [0.3, 0.4) is 0 Å². The Morgan fingerprint density at radius 1 is 1.25 bits per heavy atom. The summed E-state index contributed by atoms with van der Waals surface area (Å²) in [5.74, 6) is -0.136. The molecule has 0 N–H and O–H groups in total. The van der Waals surface area contributed by atoms with E-state index in [1.807, 2.05) is 0 Å². The van der Waals surface area contributed by atoms with Gasteiger partial charge >= 0.3 is 5.97 Å². The number of hydrogen-bond acceptors (Lipinski definition) is 4. The zero-order chi connectivity index (χ0) is 12.7. The number of esters is 1. The van der Waals surface area contributed by atoms with Gasteiger partial charge in [0.1, 0.15) is 0 Å². The highest BCUT2D eigenvalue weighted by Crippen LogP contribution is 2.10. The minimum absolute atomic E-state index is 0.136. The van der Waals surface area contributed by atoms with E-state index in [1.54, 1.807) is 0 Å². The summed E-state index contributed by atoms with van der Waals surface area (Å²) in [4.78, 5) is 15.7. The third-order valence-corrected chi connectivity index (χ3v) is 2.82. The molecule has 0 aliphatic rings. The van der Waals surface area contributed by atoms with Gasteiger partial charge in [-0.25, -0.2) is 0 Å². The Hall–Kier alpha value is -0.610. The van der Waals surface area contributed by atoms with Crippen molar-refractivity contribution in [1.29, 1.82) is 0 Å². The van der Waals surface area contributed by atoms with Gasteiger partial charge < -0.3 is 9.64 Å². The van der Waals surface area contributed by atoms with Crippen molar-refractivity contribution in [3.05, 3.63) is 0 Å². The topological polar surface area (TPSA) is 32.8 Å². The van der Waals surface area contributed by atoms with Crippen LogP contribution >= 0.6 is 0 Å². The molecule has 0 fully saturated rings. The molecule has 0 spiro atoms. The molecule has 0 aromatic rings. The van der Waals surface area contributed by atoms with Crippen molar-refractivity contribution in [2.75, 3.05) is 34.3 Å². The van der Waals surface area contributed by atoms with Crippen LogP contribution in [0.25, 0.3) is 0 Å². The molecule has 0 aliphatic heterocycles. The van der Waals surface area contributed by atoms with Gasteiger partial charge in [-0.15, -0.1) is 0 Å². The Kier molecular flexibility index (Phi) is 7.34. The fraction of sp³-hybridized carbons (Fsp3) is 0.917. The van der Waals surface area contributed by atoms with Crippen molar-refractivity contribution < 1.29 is 9.53 Å². The third kappa shape index (κ3) is 5.47. The Morgan fingerprint density at radius 2 is 1.81 bits per heavy atom. The molecule has 0 heterocycles. The number of nitrogens with zero attached hydrogens (tertiary/aromatic N) is 2. The summed E-state index contributed by atoms with van der Waals surface area (Å²) < 4.78 is 4.70. The minimum atomic E-state index is -0.136. The third-order valence-electron chi connectivity index (χ3n) is 2.82. The molecule has 0 saturated heterocycles. The van der Waals surface area contributed by atoms with Crippen LogP contribution in [0.2, 0.25) is 0 Å². The first-order chi connectivity index (χ1) is 7.42. The predicted octanol–water partition coefficient (Wildman–Crippen LogP) is 1.21. The van der Waals surface area contributed by atoms with E-state index in [4.69, 9.17) is 4.74 Å². The molecule has 0 saturated carbocycles. The van der Waals surface area contributed by atoms with Crippen LogP contribution in [0.15, 0.2) is 0 Å². The van der Waals surface area contributed by atoms with Crippen molar-refractivity contribution in [3.63, 3.8) is 0 Å². The molecule has 2 atom stereocenters. The van der Waals surface area contributed by atoms with E-state index in [2.05, 4.69) is 44.7 Å². The van der Waals surface area contributed by atoms with E-state index < -0.39 is 0 Å². The van der Waals surface area contributed by atoms with E-state index >= 15 is 0 Å². The molecule has 2 unspecified atom stereocenters. The summed E-state index contributed by atoms with van der Waals surface area (Å²) in [5.41, 5.74) is 0. The quantitative estimate of drug-likeness (QED) is 0.616. The molecular weight excluding hydrogens is 204 g/mol. The van der Waals surface area contributed by atoms with Crippen molar-refractivity contribution in [1.82, 2.24) is 9.80 Å². The van der Waals surface area contributed by atoms with Crippen molar-refractivity contribution >= 4 is 5.97 Å². The molecule has 16 heavy (non-hydrogen) atoms. The van der Waals surface area contributed by atoms with Crippen LogP contribution in [-0.2, 0) is 9.53 Å². The maximum absolute atomic E-state index is 11.2. The standard InChI is InChI=1S/C12H26N2O2/c1-7-14(11(3)9-13(4)5)10(2)8-12(15)16-6/h10-11H,7-9H2,1-6H3. The van der Waals surface area contributed by atoms with Crippen molar-refractivity contribution in [3.8, 4) is 0 Å². The Morgan fingerprint density at radius 3 is 2.19 bits per heavy atom. The smallest absolute Gasteiger partial charge is 0.307 e. The highest BCUT2D eigenvalue weighted by molar-refractivity contribution is 5.69. The molecule has 0 aliphatic carbocycles. The molecule has 96 valence electrons. The zero-order valence-corrected chi connectivity index (χ0v) is 11.5. The van der Waals surface area contributed by atoms with E-state index in [9.17, 15) is 4.79 Å². The highest BCUT2D eigenvalue weighted by Gasteiger charge is 2.21. The van der Waals surface area contributed by atoms with Gasteiger partial charge in [0, 0.05) is 18.6 Å². The molecule has 0 amide bonds. The second-order valence-electron chi connectivity index (χ2n) is 4.57. The second-order valence-corrected chi connectivity index (χ2v) is 4.57. The summed E-state index contributed by atoms with van der Waals surface area (Å²) >= 11 is 0. The van der Waals surface area contributed by atoms with Crippen LogP contribution in [0.1, 0.15) is 27.2 Å². The number of likely N-dealkylation sites (N-methyl/N-ethyl adjacent to an activating group) is 2. The molecular formula is C12H26N2O2. The SMILES string of the molecule is CCN(C(C)CC(=O)OC)C(C)CN(C)C. The van der Waals surface area contributed by atoms with E-state index in [0.717, 1.165) is 13.1 Å². The maximum Gasteiger partial charge on any atom is 0.307 e. The molecule has 0 aromatic heterocycles. The van der Waals surface area contributed by atoms with Gasteiger partial charge in [0.05, 0.1) is 13.5 Å². The lowest BCUT2D eigenvalue weighted by atomic mass is 10.1. The predicted molar refractivity (Wildman–Crippen MR) is 66.5 cm³/mol. The lowest BCUT2D eigenvalue weighted by molar-refractivity contribution is -0.142. The summed E-state index contributed by atoms with van der Waals surface area (Å²) in [5, 5.41) is 0. The summed E-state index contributed by atoms with van der Waals surface area (Å²) in [6, 6.07) is 0.673. The van der Waals surface area contributed by atoms with Crippen LogP contribution in [0.5, 0.6) is 0 Å².